The van der Waals surface area contributed by atoms with Crippen LogP contribution < -0.4 is 4.74 Å². The fraction of sp³-hybridized carbons (Fsp3) is 0.316. The van der Waals surface area contributed by atoms with Gasteiger partial charge in [-0.15, -0.1) is 10.2 Å². The van der Waals surface area contributed by atoms with Crippen molar-refractivity contribution in [3.05, 3.63) is 58.2 Å². The quantitative estimate of drug-likeness (QED) is 0.636. The summed E-state index contributed by atoms with van der Waals surface area (Å²) in [5, 5.41) is 9.97. The summed E-state index contributed by atoms with van der Waals surface area (Å²) in [6, 6.07) is 3.89. The van der Waals surface area contributed by atoms with E-state index >= 15 is 0 Å². The molecule has 2 aliphatic heterocycles. The maximum atomic E-state index is 14.6. The van der Waals surface area contributed by atoms with E-state index in [4.69, 9.17) is 4.74 Å². The van der Waals surface area contributed by atoms with Gasteiger partial charge in [-0.05, 0) is 38.3 Å². The SMILES string of the molecule is Cc1nnc2n1-c1sc3c(c1C(c1c(F)cccc1F)=NC2)CCCCO3. The number of hydrogen-bond donors (Lipinski definition) is 0. The minimum absolute atomic E-state index is 0.0973. The molecule has 0 aliphatic carbocycles. The lowest BCUT2D eigenvalue weighted by molar-refractivity contribution is 0.325. The van der Waals surface area contributed by atoms with Crippen LogP contribution in [0.3, 0.4) is 0 Å². The van der Waals surface area contributed by atoms with Gasteiger partial charge in [-0.2, -0.15) is 0 Å². The summed E-state index contributed by atoms with van der Waals surface area (Å²) in [5.74, 6) is 0.122. The molecule has 0 amide bonds. The zero-order chi connectivity index (χ0) is 18.5. The number of aromatic nitrogens is 3. The molecule has 0 fully saturated rings. The van der Waals surface area contributed by atoms with Crippen molar-refractivity contribution in [3.8, 4) is 10.1 Å². The third-order valence-corrected chi connectivity index (χ3v) is 6.05. The van der Waals surface area contributed by atoms with Gasteiger partial charge in [-0.3, -0.25) is 9.56 Å². The fourth-order valence-electron chi connectivity index (χ4n) is 3.68. The van der Waals surface area contributed by atoms with E-state index in [2.05, 4.69) is 15.2 Å². The first-order valence-corrected chi connectivity index (χ1v) is 9.65. The van der Waals surface area contributed by atoms with Crippen LogP contribution in [0.2, 0.25) is 0 Å². The Hall–Kier alpha value is -2.61. The minimum atomic E-state index is -0.622. The standard InChI is InChI=1S/C19H16F2N4OS/c1-10-23-24-14-9-22-17(16-12(20)6-4-7-13(16)21)15-11-5-2-3-8-26-19(11)27-18(15)25(10)14/h4,6-7H,2-3,5,8-9H2,1H3. The van der Waals surface area contributed by atoms with Crippen molar-refractivity contribution in [1.29, 1.82) is 0 Å². The highest BCUT2D eigenvalue weighted by molar-refractivity contribution is 7.17. The van der Waals surface area contributed by atoms with E-state index in [1.807, 2.05) is 11.5 Å². The first-order chi connectivity index (χ1) is 13.1. The molecule has 0 unspecified atom stereocenters. The van der Waals surface area contributed by atoms with Crippen LogP contribution in [0.4, 0.5) is 8.78 Å². The molecular weight excluding hydrogens is 370 g/mol. The summed E-state index contributed by atoms with van der Waals surface area (Å²) in [6.07, 6.45) is 2.69. The molecule has 5 nitrogen and oxygen atoms in total. The van der Waals surface area contributed by atoms with Gasteiger partial charge in [0.05, 0.1) is 17.9 Å². The van der Waals surface area contributed by atoms with Crippen LogP contribution in [0.25, 0.3) is 5.00 Å². The monoisotopic (exact) mass is 386 g/mol. The van der Waals surface area contributed by atoms with Crippen molar-refractivity contribution in [2.24, 2.45) is 4.99 Å². The van der Waals surface area contributed by atoms with E-state index in [0.717, 1.165) is 40.5 Å². The number of thiophene rings is 1. The van der Waals surface area contributed by atoms with Gasteiger partial charge in [0.15, 0.2) is 10.9 Å². The van der Waals surface area contributed by atoms with Gasteiger partial charge in [-0.25, -0.2) is 8.78 Å². The average molecular weight is 386 g/mol. The van der Waals surface area contributed by atoms with E-state index in [1.165, 1.54) is 29.5 Å². The van der Waals surface area contributed by atoms with E-state index in [9.17, 15) is 8.78 Å². The molecule has 27 heavy (non-hydrogen) atoms. The molecule has 2 aromatic heterocycles. The van der Waals surface area contributed by atoms with Gasteiger partial charge in [0.1, 0.15) is 29.0 Å². The predicted octanol–water partition coefficient (Wildman–Crippen LogP) is 3.98. The maximum absolute atomic E-state index is 14.6. The van der Waals surface area contributed by atoms with Crippen LogP contribution >= 0.6 is 11.3 Å². The Morgan fingerprint density at radius 3 is 2.74 bits per heavy atom. The first kappa shape index (κ1) is 16.6. The zero-order valence-electron chi connectivity index (χ0n) is 14.6. The van der Waals surface area contributed by atoms with E-state index < -0.39 is 11.6 Å². The smallest absolute Gasteiger partial charge is 0.179 e. The Morgan fingerprint density at radius 2 is 1.93 bits per heavy atom. The molecule has 4 heterocycles. The minimum Gasteiger partial charge on any atom is -0.484 e. The van der Waals surface area contributed by atoms with Crippen LogP contribution in [0, 0.1) is 18.6 Å². The highest BCUT2D eigenvalue weighted by Gasteiger charge is 2.32. The molecule has 0 N–H and O–H groups in total. The number of hydrogen-bond acceptors (Lipinski definition) is 5. The Morgan fingerprint density at radius 1 is 1.11 bits per heavy atom. The number of aliphatic imine (C=N–C) groups is 1. The molecule has 0 bridgehead atoms. The van der Waals surface area contributed by atoms with Crippen molar-refractivity contribution >= 4 is 17.0 Å². The molecule has 0 radical (unpaired) electrons. The van der Waals surface area contributed by atoms with Crippen molar-refractivity contribution in [2.75, 3.05) is 6.61 Å². The molecule has 0 spiro atoms. The number of nitrogens with zero attached hydrogens (tertiary/aromatic N) is 4. The van der Waals surface area contributed by atoms with Crippen molar-refractivity contribution in [1.82, 2.24) is 14.8 Å². The highest BCUT2D eigenvalue weighted by Crippen LogP contribution is 2.43. The largest absolute Gasteiger partial charge is 0.484 e. The van der Waals surface area contributed by atoms with Crippen molar-refractivity contribution in [2.45, 2.75) is 32.7 Å². The molecule has 0 saturated heterocycles. The van der Waals surface area contributed by atoms with E-state index in [0.29, 0.717) is 24.0 Å². The number of fused-ring (bicyclic) bond motifs is 5. The summed E-state index contributed by atoms with van der Waals surface area (Å²) in [7, 11) is 0. The number of halogens is 2. The molecule has 5 rings (SSSR count). The number of aryl methyl sites for hydroxylation is 1. The third kappa shape index (κ3) is 2.50. The molecule has 0 saturated carbocycles. The summed E-state index contributed by atoms with van der Waals surface area (Å²) in [4.78, 5) is 4.59. The van der Waals surface area contributed by atoms with Gasteiger partial charge < -0.3 is 4.74 Å². The lowest BCUT2D eigenvalue weighted by Gasteiger charge is -2.11. The van der Waals surface area contributed by atoms with Gasteiger partial charge in [-0.1, -0.05) is 17.4 Å². The van der Waals surface area contributed by atoms with Gasteiger partial charge in [0.2, 0.25) is 0 Å². The average Bonchev–Trinajstić information content (AvgIpc) is 3.02. The fourth-order valence-corrected chi connectivity index (χ4v) is 4.97. The molecule has 8 heteroatoms. The number of benzene rings is 1. The van der Waals surface area contributed by atoms with Crippen LogP contribution in [0.5, 0.6) is 5.06 Å². The van der Waals surface area contributed by atoms with Gasteiger partial charge >= 0.3 is 0 Å². The molecular formula is C19H16F2N4OS. The second-order valence-electron chi connectivity index (χ2n) is 6.61. The molecule has 0 atom stereocenters. The summed E-state index contributed by atoms with van der Waals surface area (Å²) >= 11 is 1.47. The third-order valence-electron chi connectivity index (χ3n) is 4.92. The number of rotatable bonds is 1. The molecule has 1 aromatic carbocycles. The Kier molecular flexibility index (Phi) is 3.82. The lowest BCUT2D eigenvalue weighted by atomic mass is 9.97. The highest BCUT2D eigenvalue weighted by atomic mass is 32.1. The lowest BCUT2D eigenvalue weighted by Crippen LogP contribution is -2.12. The van der Waals surface area contributed by atoms with Crippen LogP contribution in [0.1, 0.15) is 41.2 Å². The van der Waals surface area contributed by atoms with Crippen molar-refractivity contribution in [3.63, 3.8) is 0 Å². The Labute approximate surface area is 158 Å². The zero-order valence-corrected chi connectivity index (χ0v) is 15.4. The topological polar surface area (TPSA) is 52.3 Å². The van der Waals surface area contributed by atoms with E-state index in [-0.39, 0.29) is 12.1 Å². The molecule has 3 aromatic rings. The first-order valence-electron chi connectivity index (χ1n) is 8.84. The Balaban J connectivity index is 1.83. The second kappa shape index (κ2) is 6.23. The predicted molar refractivity (Wildman–Crippen MR) is 98.1 cm³/mol. The van der Waals surface area contributed by atoms with E-state index in [1.54, 1.807) is 0 Å². The Bertz CT molecular complexity index is 1070. The van der Waals surface area contributed by atoms with Crippen LogP contribution in [-0.2, 0) is 13.0 Å². The summed E-state index contributed by atoms with van der Waals surface area (Å²) in [5.41, 5.74) is 1.94. The van der Waals surface area contributed by atoms with Crippen LogP contribution in [-0.4, -0.2) is 27.1 Å². The molecule has 138 valence electrons. The van der Waals surface area contributed by atoms with Crippen LogP contribution in [0.15, 0.2) is 23.2 Å². The van der Waals surface area contributed by atoms with Crippen molar-refractivity contribution < 1.29 is 13.5 Å². The second-order valence-corrected chi connectivity index (χ2v) is 7.58. The number of ether oxygens (including phenoxy) is 1. The van der Waals surface area contributed by atoms with Gasteiger partial charge in [0.25, 0.3) is 0 Å². The molecule has 2 aliphatic rings. The van der Waals surface area contributed by atoms with Gasteiger partial charge in [0, 0.05) is 11.1 Å². The summed E-state index contributed by atoms with van der Waals surface area (Å²) in [6.45, 7) is 2.71. The normalized spacial score (nSPS) is 15.7. The maximum Gasteiger partial charge on any atom is 0.179 e. The summed E-state index contributed by atoms with van der Waals surface area (Å²) < 4.78 is 37.1.